The van der Waals surface area contributed by atoms with Gasteiger partial charge in [0.05, 0.1) is 25.0 Å². The summed E-state index contributed by atoms with van der Waals surface area (Å²) in [7, 11) is 0. The molecule has 1 aliphatic rings. The lowest BCUT2D eigenvalue weighted by molar-refractivity contribution is 0.00353. The van der Waals surface area contributed by atoms with E-state index in [-0.39, 0.29) is 18.5 Å². The summed E-state index contributed by atoms with van der Waals surface area (Å²) in [4.78, 5) is 13.4. The van der Waals surface area contributed by atoms with Gasteiger partial charge in [0.1, 0.15) is 0 Å². The Labute approximate surface area is 115 Å². The number of benzene rings is 1. The monoisotopic (exact) mass is 313 g/mol. The van der Waals surface area contributed by atoms with Gasteiger partial charge >= 0.3 is 0 Å². The van der Waals surface area contributed by atoms with Gasteiger partial charge in [0, 0.05) is 23.1 Å². The summed E-state index contributed by atoms with van der Waals surface area (Å²) in [6.07, 6.45) is -0.141. The van der Waals surface area contributed by atoms with Crippen molar-refractivity contribution in [1.82, 2.24) is 0 Å². The molecular weight excluding hydrogens is 298 g/mol. The molecule has 0 amide bonds. The third-order valence-electron chi connectivity index (χ3n) is 3.04. The molecule has 98 valence electrons. The van der Waals surface area contributed by atoms with E-state index < -0.39 is 0 Å². The number of rotatable bonds is 3. The number of morpholine rings is 1. The average molecular weight is 314 g/mol. The van der Waals surface area contributed by atoms with E-state index in [1.807, 2.05) is 18.2 Å². The van der Waals surface area contributed by atoms with Crippen LogP contribution in [0.3, 0.4) is 0 Å². The van der Waals surface area contributed by atoms with E-state index in [9.17, 15) is 4.79 Å². The van der Waals surface area contributed by atoms with Crippen molar-refractivity contribution in [2.45, 2.75) is 13.0 Å². The molecule has 1 aromatic carbocycles. The summed E-state index contributed by atoms with van der Waals surface area (Å²) < 4.78 is 6.32. The van der Waals surface area contributed by atoms with Gasteiger partial charge in [-0.15, -0.1) is 0 Å². The van der Waals surface area contributed by atoms with Crippen LogP contribution in [0, 0.1) is 0 Å². The molecule has 0 saturated carbocycles. The summed E-state index contributed by atoms with van der Waals surface area (Å²) in [5.41, 5.74) is 1.72. The van der Waals surface area contributed by atoms with Crippen LogP contribution in [0.5, 0.6) is 0 Å². The van der Waals surface area contributed by atoms with Crippen molar-refractivity contribution in [3.8, 4) is 0 Å². The summed E-state index contributed by atoms with van der Waals surface area (Å²) in [6, 6.07) is 5.59. The molecule has 0 spiro atoms. The second kappa shape index (κ2) is 5.82. The van der Waals surface area contributed by atoms with Gasteiger partial charge in [-0.25, -0.2) is 0 Å². The summed E-state index contributed by atoms with van der Waals surface area (Å²) in [5.74, 6) is 0.0532. The number of aliphatic hydroxyl groups excluding tert-OH is 1. The highest BCUT2D eigenvalue weighted by molar-refractivity contribution is 9.10. The Balaban J connectivity index is 2.20. The predicted molar refractivity (Wildman–Crippen MR) is 73.2 cm³/mol. The molecule has 0 aromatic heterocycles. The molecule has 0 radical (unpaired) electrons. The van der Waals surface area contributed by atoms with E-state index in [2.05, 4.69) is 20.8 Å². The van der Waals surface area contributed by atoms with Crippen LogP contribution in [0.25, 0.3) is 0 Å². The van der Waals surface area contributed by atoms with Crippen molar-refractivity contribution in [1.29, 1.82) is 0 Å². The van der Waals surface area contributed by atoms with Crippen molar-refractivity contribution in [2.75, 3.05) is 31.2 Å². The quantitative estimate of drug-likeness (QED) is 0.865. The number of halogens is 1. The number of anilines is 1. The minimum absolute atomic E-state index is 0.0274. The van der Waals surface area contributed by atoms with Crippen molar-refractivity contribution in [3.63, 3.8) is 0 Å². The van der Waals surface area contributed by atoms with E-state index in [1.54, 1.807) is 6.92 Å². The van der Waals surface area contributed by atoms with Crippen LogP contribution in [-0.4, -0.2) is 43.3 Å². The molecule has 4 nitrogen and oxygen atoms in total. The van der Waals surface area contributed by atoms with Crippen LogP contribution in [0.1, 0.15) is 17.3 Å². The van der Waals surface area contributed by atoms with Gasteiger partial charge in [-0.1, -0.05) is 0 Å². The molecule has 0 aliphatic carbocycles. The topological polar surface area (TPSA) is 49.8 Å². The predicted octanol–water partition coefficient (Wildman–Crippen LogP) is 1.85. The van der Waals surface area contributed by atoms with E-state index in [4.69, 9.17) is 9.84 Å². The van der Waals surface area contributed by atoms with Gasteiger partial charge in [-0.05, 0) is 41.1 Å². The molecule has 1 aliphatic heterocycles. The van der Waals surface area contributed by atoms with Crippen LogP contribution >= 0.6 is 15.9 Å². The summed E-state index contributed by atoms with van der Waals surface area (Å²) >= 11 is 3.50. The third kappa shape index (κ3) is 2.91. The van der Waals surface area contributed by atoms with Crippen LogP contribution < -0.4 is 4.90 Å². The second-order valence-electron chi connectivity index (χ2n) is 4.34. The average Bonchev–Trinajstić information content (AvgIpc) is 2.38. The van der Waals surface area contributed by atoms with Gasteiger partial charge in [0.2, 0.25) is 0 Å². The van der Waals surface area contributed by atoms with Crippen molar-refractivity contribution < 1.29 is 14.6 Å². The van der Waals surface area contributed by atoms with E-state index in [0.717, 1.165) is 16.7 Å². The number of ketones is 1. The number of ether oxygens (including phenoxy) is 1. The van der Waals surface area contributed by atoms with Gasteiger partial charge < -0.3 is 14.7 Å². The fourth-order valence-corrected chi connectivity index (χ4v) is 2.66. The van der Waals surface area contributed by atoms with Crippen molar-refractivity contribution >= 4 is 27.4 Å². The van der Waals surface area contributed by atoms with Crippen molar-refractivity contribution in [2.24, 2.45) is 0 Å². The minimum Gasteiger partial charge on any atom is -0.394 e. The lowest BCUT2D eigenvalue weighted by Gasteiger charge is -2.34. The van der Waals surface area contributed by atoms with E-state index in [0.29, 0.717) is 18.7 Å². The third-order valence-corrected chi connectivity index (χ3v) is 3.67. The number of aliphatic hydroxyl groups is 1. The lowest BCUT2D eigenvalue weighted by atomic mass is 10.1. The molecule has 5 heteroatoms. The Morgan fingerprint density at radius 1 is 1.61 bits per heavy atom. The van der Waals surface area contributed by atoms with Gasteiger partial charge in [-0.2, -0.15) is 0 Å². The highest BCUT2D eigenvalue weighted by Gasteiger charge is 2.21. The summed E-state index contributed by atoms with van der Waals surface area (Å²) in [5, 5.41) is 9.13. The Morgan fingerprint density at radius 3 is 3.00 bits per heavy atom. The maximum Gasteiger partial charge on any atom is 0.159 e. The Morgan fingerprint density at radius 2 is 2.39 bits per heavy atom. The molecule has 18 heavy (non-hydrogen) atoms. The molecule has 0 bridgehead atoms. The lowest BCUT2D eigenvalue weighted by Crippen LogP contribution is -2.44. The molecular formula is C13H16BrNO3. The van der Waals surface area contributed by atoms with Gasteiger partial charge in [0.15, 0.2) is 5.78 Å². The minimum atomic E-state index is -0.141. The fourth-order valence-electron chi connectivity index (χ4n) is 2.03. The van der Waals surface area contributed by atoms with E-state index in [1.165, 1.54) is 0 Å². The normalized spacial score (nSPS) is 19.9. The molecule has 2 rings (SSSR count). The highest BCUT2D eigenvalue weighted by atomic mass is 79.9. The second-order valence-corrected chi connectivity index (χ2v) is 5.20. The number of hydrogen-bond donors (Lipinski definition) is 1. The largest absolute Gasteiger partial charge is 0.394 e. The number of nitrogens with zero attached hydrogens (tertiary/aromatic N) is 1. The highest BCUT2D eigenvalue weighted by Crippen LogP contribution is 2.28. The zero-order chi connectivity index (χ0) is 13.1. The van der Waals surface area contributed by atoms with Crippen LogP contribution in [0.2, 0.25) is 0 Å². The van der Waals surface area contributed by atoms with Gasteiger partial charge in [0.25, 0.3) is 0 Å². The van der Waals surface area contributed by atoms with Gasteiger partial charge in [-0.3, -0.25) is 4.79 Å². The smallest absolute Gasteiger partial charge is 0.159 e. The van der Waals surface area contributed by atoms with Crippen LogP contribution in [0.4, 0.5) is 5.69 Å². The number of carbonyl (C=O) groups excluding carboxylic acids is 1. The maximum atomic E-state index is 11.3. The van der Waals surface area contributed by atoms with E-state index >= 15 is 0 Å². The Bertz CT molecular complexity index is 450. The standard InChI is InChI=1S/C13H16BrNO3/c1-9(17)10-2-3-13(12(14)6-10)15-4-5-18-11(7-15)8-16/h2-3,6,11,16H,4-5,7-8H2,1H3. The maximum absolute atomic E-state index is 11.3. The summed E-state index contributed by atoms with van der Waals surface area (Å²) in [6.45, 7) is 3.63. The molecule has 1 fully saturated rings. The van der Waals surface area contributed by atoms with Crippen LogP contribution in [0.15, 0.2) is 22.7 Å². The Hall–Kier alpha value is -0.910. The first-order valence-corrected chi connectivity index (χ1v) is 6.69. The first-order valence-electron chi connectivity index (χ1n) is 5.89. The SMILES string of the molecule is CC(=O)c1ccc(N2CCOC(CO)C2)c(Br)c1. The first-order chi connectivity index (χ1) is 8.61. The molecule has 1 N–H and O–H groups in total. The van der Waals surface area contributed by atoms with Crippen molar-refractivity contribution in [3.05, 3.63) is 28.2 Å². The number of hydrogen-bond acceptors (Lipinski definition) is 4. The fraction of sp³-hybridized carbons (Fsp3) is 0.462. The first kappa shape index (κ1) is 13.5. The zero-order valence-electron chi connectivity index (χ0n) is 10.2. The molecule has 1 unspecified atom stereocenters. The number of Topliss-reactive ketones (excluding diaryl/α,β-unsaturated/α-hetero) is 1. The molecule has 1 aromatic rings. The van der Waals surface area contributed by atoms with Crippen LogP contribution in [-0.2, 0) is 4.74 Å². The zero-order valence-corrected chi connectivity index (χ0v) is 11.8. The number of carbonyl (C=O) groups is 1. The molecule has 1 atom stereocenters. The molecule has 1 heterocycles. The molecule has 1 saturated heterocycles. The Kier molecular flexibility index (Phi) is 4.37.